The maximum atomic E-state index is 11.3. The van der Waals surface area contributed by atoms with Crippen LogP contribution >= 0.6 is 0 Å². The molecule has 1 rings (SSSR count). The number of carbonyl (C=O) groups excluding carboxylic acids is 1. The molecule has 2 nitrogen and oxygen atoms in total. The summed E-state index contributed by atoms with van der Waals surface area (Å²) in [7, 11) is -0.930. The lowest BCUT2D eigenvalue weighted by molar-refractivity contribution is 0.0734. The average molecular weight is 179 g/mol. The first-order chi connectivity index (χ1) is 5.70. The molecule has 1 radical (unpaired) electrons. The molecule has 0 aliphatic heterocycles. The molecule has 63 valence electrons. The molecule has 0 aliphatic rings. The summed E-state index contributed by atoms with van der Waals surface area (Å²) >= 11 is 0. The van der Waals surface area contributed by atoms with Crippen molar-refractivity contribution in [2.45, 2.75) is 13.1 Å². The van der Waals surface area contributed by atoms with E-state index in [-0.39, 0.29) is 5.97 Å². The third-order valence-corrected chi connectivity index (χ3v) is 1.90. The predicted molar refractivity (Wildman–Crippen MR) is 49.3 cm³/mol. The normalized spacial score (nSPS) is 9.92. The van der Waals surface area contributed by atoms with Crippen molar-refractivity contribution in [2.24, 2.45) is 0 Å². The summed E-state index contributed by atoms with van der Waals surface area (Å²) in [6.07, 6.45) is 0. The van der Waals surface area contributed by atoms with Gasteiger partial charge >= 0.3 is 5.97 Å². The second kappa shape index (κ2) is 4.06. The van der Waals surface area contributed by atoms with Crippen LogP contribution in [0.4, 0.5) is 0 Å². The molecule has 0 atom stereocenters. The van der Waals surface area contributed by atoms with Gasteiger partial charge in [0.15, 0.2) is 0 Å². The summed E-state index contributed by atoms with van der Waals surface area (Å²) in [5, 5.41) is 0. The molecule has 0 unspecified atom stereocenters. The van der Waals surface area contributed by atoms with E-state index in [0.717, 1.165) is 0 Å². The Hall–Kier alpha value is -1.09. The van der Waals surface area contributed by atoms with Crippen LogP contribution in [0.15, 0.2) is 30.3 Å². The van der Waals surface area contributed by atoms with Gasteiger partial charge in [-0.25, -0.2) is 4.79 Å². The van der Waals surface area contributed by atoms with Gasteiger partial charge < -0.3 is 4.43 Å². The predicted octanol–water partition coefficient (Wildman–Crippen LogP) is 2.09. The van der Waals surface area contributed by atoms with Gasteiger partial charge in [-0.05, 0) is 25.2 Å². The van der Waals surface area contributed by atoms with Gasteiger partial charge in [0, 0.05) is 0 Å². The molecule has 0 saturated heterocycles. The van der Waals surface area contributed by atoms with E-state index >= 15 is 0 Å². The van der Waals surface area contributed by atoms with E-state index in [0.29, 0.717) is 5.56 Å². The van der Waals surface area contributed by atoms with Gasteiger partial charge in [0.2, 0.25) is 0 Å². The topological polar surface area (TPSA) is 26.3 Å². The van der Waals surface area contributed by atoms with E-state index in [9.17, 15) is 4.79 Å². The minimum atomic E-state index is -0.930. The van der Waals surface area contributed by atoms with Crippen LogP contribution in [0, 0.1) is 0 Å². The molecular formula is C9H11O2Si. The van der Waals surface area contributed by atoms with Gasteiger partial charge in [0.25, 0.3) is 9.04 Å². The Morgan fingerprint density at radius 3 is 2.33 bits per heavy atom. The average Bonchev–Trinajstić information content (AvgIpc) is 2.05. The summed E-state index contributed by atoms with van der Waals surface area (Å²) < 4.78 is 5.10. The molecule has 0 spiro atoms. The standard InChI is InChI=1S/C9H11O2Si/c1-12(2)11-9(10)8-6-4-3-5-7-8/h3-7H,1-2H3. The van der Waals surface area contributed by atoms with Crippen LogP contribution in [0.2, 0.25) is 13.1 Å². The molecular weight excluding hydrogens is 168 g/mol. The lowest BCUT2D eigenvalue weighted by Crippen LogP contribution is -2.14. The number of benzene rings is 1. The van der Waals surface area contributed by atoms with E-state index in [2.05, 4.69) is 0 Å². The molecule has 3 heteroatoms. The molecule has 0 aliphatic carbocycles. The van der Waals surface area contributed by atoms with Crippen LogP contribution in [0.3, 0.4) is 0 Å². The smallest absolute Gasteiger partial charge is 0.324 e. The quantitative estimate of drug-likeness (QED) is 0.650. The van der Waals surface area contributed by atoms with Crippen LogP contribution < -0.4 is 0 Å². The highest BCUT2D eigenvalue weighted by molar-refractivity contribution is 6.51. The van der Waals surface area contributed by atoms with Gasteiger partial charge in [-0.15, -0.1) is 0 Å². The Kier molecular flexibility index (Phi) is 3.05. The molecule has 0 amide bonds. The molecule has 0 bridgehead atoms. The first-order valence-electron chi connectivity index (χ1n) is 3.77. The van der Waals surface area contributed by atoms with Crippen LogP contribution in [-0.4, -0.2) is 15.0 Å². The van der Waals surface area contributed by atoms with Crippen molar-refractivity contribution in [3.8, 4) is 0 Å². The zero-order valence-electron chi connectivity index (χ0n) is 7.20. The minimum Gasteiger partial charge on any atom is -0.515 e. The van der Waals surface area contributed by atoms with Gasteiger partial charge in [-0.2, -0.15) is 0 Å². The van der Waals surface area contributed by atoms with E-state index in [1.807, 2.05) is 31.3 Å². The lowest BCUT2D eigenvalue weighted by atomic mass is 10.2. The Labute approximate surface area is 73.9 Å². The van der Waals surface area contributed by atoms with Crippen molar-refractivity contribution in [3.05, 3.63) is 35.9 Å². The fourth-order valence-electron chi connectivity index (χ4n) is 0.819. The number of hydrogen-bond acceptors (Lipinski definition) is 2. The first-order valence-corrected chi connectivity index (χ1v) is 6.18. The van der Waals surface area contributed by atoms with E-state index in [1.165, 1.54) is 0 Å². The second-order valence-corrected chi connectivity index (χ2v) is 4.68. The van der Waals surface area contributed by atoms with Crippen LogP contribution in [-0.2, 0) is 4.43 Å². The van der Waals surface area contributed by atoms with Crippen LogP contribution in [0.5, 0.6) is 0 Å². The molecule has 0 saturated carbocycles. The van der Waals surface area contributed by atoms with Gasteiger partial charge in [0.05, 0.1) is 5.56 Å². The fourth-order valence-corrected chi connectivity index (χ4v) is 1.31. The summed E-state index contributed by atoms with van der Waals surface area (Å²) in [6, 6.07) is 9.05. The molecule has 0 fully saturated rings. The highest BCUT2D eigenvalue weighted by Gasteiger charge is 2.08. The van der Waals surface area contributed by atoms with Crippen LogP contribution in [0.25, 0.3) is 0 Å². The van der Waals surface area contributed by atoms with Gasteiger partial charge in [0.1, 0.15) is 0 Å². The molecule has 0 heterocycles. The van der Waals surface area contributed by atoms with E-state index < -0.39 is 9.04 Å². The number of hydrogen-bond donors (Lipinski definition) is 0. The monoisotopic (exact) mass is 179 g/mol. The largest absolute Gasteiger partial charge is 0.515 e. The van der Waals surface area contributed by atoms with Crippen molar-refractivity contribution in [1.29, 1.82) is 0 Å². The summed E-state index contributed by atoms with van der Waals surface area (Å²) in [5.41, 5.74) is 0.628. The second-order valence-electron chi connectivity index (χ2n) is 2.66. The van der Waals surface area contributed by atoms with Crippen molar-refractivity contribution in [3.63, 3.8) is 0 Å². The summed E-state index contributed by atoms with van der Waals surface area (Å²) in [4.78, 5) is 11.3. The summed E-state index contributed by atoms with van der Waals surface area (Å²) in [5.74, 6) is -0.213. The summed E-state index contributed by atoms with van der Waals surface area (Å²) in [6.45, 7) is 3.87. The molecule has 12 heavy (non-hydrogen) atoms. The molecule has 1 aromatic rings. The molecule has 1 aromatic carbocycles. The van der Waals surface area contributed by atoms with Crippen molar-refractivity contribution in [1.82, 2.24) is 0 Å². The van der Waals surface area contributed by atoms with Crippen molar-refractivity contribution < 1.29 is 9.22 Å². The zero-order chi connectivity index (χ0) is 8.97. The lowest BCUT2D eigenvalue weighted by Gasteiger charge is -2.05. The Bertz CT molecular complexity index is 256. The zero-order valence-corrected chi connectivity index (χ0v) is 8.20. The Morgan fingerprint density at radius 2 is 1.83 bits per heavy atom. The number of carbonyl (C=O) groups is 1. The Balaban J connectivity index is 2.66. The SMILES string of the molecule is C[Si](C)OC(=O)c1ccccc1. The van der Waals surface area contributed by atoms with Crippen LogP contribution in [0.1, 0.15) is 10.4 Å². The minimum absolute atomic E-state index is 0.213. The van der Waals surface area contributed by atoms with Crippen molar-refractivity contribution in [2.75, 3.05) is 0 Å². The first kappa shape index (κ1) is 9.00. The highest BCUT2D eigenvalue weighted by Crippen LogP contribution is 2.01. The Morgan fingerprint density at radius 1 is 1.25 bits per heavy atom. The third-order valence-electron chi connectivity index (χ3n) is 1.31. The fraction of sp³-hybridized carbons (Fsp3) is 0.222. The van der Waals surface area contributed by atoms with Gasteiger partial charge in [-0.1, -0.05) is 18.2 Å². The van der Waals surface area contributed by atoms with Gasteiger partial charge in [-0.3, -0.25) is 0 Å². The maximum Gasteiger partial charge on any atom is 0.324 e. The highest BCUT2D eigenvalue weighted by atomic mass is 28.3. The number of rotatable bonds is 2. The molecule has 0 aromatic heterocycles. The van der Waals surface area contributed by atoms with E-state index in [4.69, 9.17) is 4.43 Å². The molecule has 0 N–H and O–H groups in total. The maximum absolute atomic E-state index is 11.3. The van der Waals surface area contributed by atoms with Crippen molar-refractivity contribution >= 4 is 15.0 Å². The third kappa shape index (κ3) is 2.51. The van der Waals surface area contributed by atoms with E-state index in [1.54, 1.807) is 12.1 Å².